The maximum absolute atomic E-state index is 13.8. The van der Waals surface area contributed by atoms with Crippen molar-refractivity contribution in [2.24, 2.45) is 5.92 Å². The summed E-state index contributed by atoms with van der Waals surface area (Å²) in [6.07, 6.45) is -3.17. The molecule has 71 heavy (non-hydrogen) atoms. The molecule has 5 aromatic carbocycles. The molecule has 0 N–H and O–H groups in total. The zero-order chi connectivity index (χ0) is 50.5. The lowest BCUT2D eigenvalue weighted by Crippen LogP contribution is -2.39. The van der Waals surface area contributed by atoms with Crippen molar-refractivity contribution >= 4 is 23.7 Å². The summed E-state index contributed by atoms with van der Waals surface area (Å²) in [4.78, 5) is 61.7. The second kappa shape index (κ2) is 23.4. The van der Waals surface area contributed by atoms with Gasteiger partial charge in [-0.25, -0.2) is 19.3 Å². The molecule has 7 rings (SSSR count). The number of unbranched alkanes of at least 4 members (excludes halogenated alkanes) is 1. The second-order valence-corrected chi connectivity index (χ2v) is 17.0. The van der Waals surface area contributed by atoms with E-state index in [0.717, 1.165) is 51.8 Å². The molecule has 0 bridgehead atoms. The third-order valence-corrected chi connectivity index (χ3v) is 12.2. The maximum atomic E-state index is 13.8. The Balaban J connectivity index is 1.11. The van der Waals surface area contributed by atoms with Crippen molar-refractivity contribution in [3.8, 4) is 22.5 Å². The highest BCUT2D eigenvalue weighted by Gasteiger charge is 2.42. The molecule has 20 heteroatoms. The van der Waals surface area contributed by atoms with Crippen LogP contribution in [0.3, 0.4) is 0 Å². The third kappa shape index (κ3) is 11.8. The molecule has 4 atom stereocenters. The number of tetrazole rings is 1. The molecule has 0 spiro atoms. The Morgan fingerprint density at radius 2 is 1.31 bits per heavy atom. The number of halogens is 1. The number of aromatic nitrogens is 6. The highest BCUT2D eigenvalue weighted by Crippen LogP contribution is 2.43. The average Bonchev–Trinajstić information content (AvgIpc) is 3.97. The molecule has 0 amide bonds. The lowest BCUT2D eigenvalue weighted by molar-refractivity contribution is -0.799. The monoisotopic (exact) mass is 986 g/mol. The van der Waals surface area contributed by atoms with Gasteiger partial charge in [0.15, 0.2) is 16.7 Å². The molecule has 0 saturated heterocycles. The first-order valence-electron chi connectivity index (χ1n) is 22.9. The lowest BCUT2D eigenvalue weighted by Gasteiger charge is -2.36. The Morgan fingerprint density at radius 1 is 0.746 bits per heavy atom. The minimum absolute atomic E-state index is 0.0186. The van der Waals surface area contributed by atoms with Gasteiger partial charge in [0.05, 0.1) is 6.61 Å². The van der Waals surface area contributed by atoms with Crippen LogP contribution in [0.25, 0.3) is 22.5 Å². The van der Waals surface area contributed by atoms with E-state index in [1.165, 1.54) is 20.8 Å². The molecule has 0 aliphatic rings. The predicted octanol–water partition coefficient (Wildman–Crippen LogP) is 9.94. The van der Waals surface area contributed by atoms with Gasteiger partial charge in [-0.2, -0.15) is 0 Å². The number of hydrogen-bond donors (Lipinski definition) is 0. The number of nitrogens with zero attached hydrogens (tertiary/aromatic N) is 8. The molecule has 0 aliphatic heterocycles. The number of aryl methyl sites for hydroxylation is 1. The van der Waals surface area contributed by atoms with Gasteiger partial charge in [0.1, 0.15) is 23.6 Å². The van der Waals surface area contributed by atoms with Crippen molar-refractivity contribution in [2.75, 3.05) is 6.61 Å². The number of esters is 1. The first-order chi connectivity index (χ1) is 34.3. The Hall–Kier alpha value is -8.19. The van der Waals surface area contributed by atoms with Crippen molar-refractivity contribution in [1.82, 2.24) is 29.8 Å². The van der Waals surface area contributed by atoms with E-state index in [2.05, 4.69) is 61.4 Å². The highest BCUT2D eigenvalue weighted by molar-refractivity contribution is 6.32. The number of carbonyl (C=O) groups is 2. The summed E-state index contributed by atoms with van der Waals surface area (Å²) in [5.74, 6) is -0.528. The lowest BCUT2D eigenvalue weighted by atomic mass is 9.77. The van der Waals surface area contributed by atoms with Crippen LogP contribution in [0.4, 0.5) is 4.79 Å². The van der Waals surface area contributed by atoms with E-state index < -0.39 is 52.3 Å². The summed E-state index contributed by atoms with van der Waals surface area (Å²) in [6.45, 7) is 5.97. The van der Waals surface area contributed by atoms with Crippen LogP contribution in [-0.2, 0) is 42.4 Å². The van der Waals surface area contributed by atoms with Crippen LogP contribution in [0.15, 0.2) is 140 Å². The average molecular weight is 987 g/mol. The standard InChI is InChI=1S/C51H51ClN8O11/c1-5-6-26-44-53-47(52)45(49(61)68-36(4)69-50(62)67-32-31-34(2)46(71-60(65)66)35(3)70-59(63)64)57(44)33-37-27-29-38(30-28-37)42-24-16-17-25-43(42)48-54-55-56-58(48)51(39-18-10-7-11-19-39,40-20-12-8-13-21-40)41-22-14-9-15-23-41/h7-25,27-30,34-36,46H,5-6,26,31-33H2,1-4H3/t34?,35-,36?,46-/m1/s1. The normalized spacial score (nSPS) is 13.0. The van der Waals surface area contributed by atoms with Gasteiger partial charge in [-0.3, -0.25) is 0 Å². The molecule has 0 fully saturated rings. The fourth-order valence-electron chi connectivity index (χ4n) is 8.59. The largest absolute Gasteiger partial charge is 0.511 e. The zero-order valence-electron chi connectivity index (χ0n) is 39.3. The minimum Gasteiger partial charge on any atom is -0.434 e. The van der Waals surface area contributed by atoms with Crippen LogP contribution in [-0.4, -0.2) is 77.2 Å². The van der Waals surface area contributed by atoms with Gasteiger partial charge in [0, 0.05) is 25.5 Å². The van der Waals surface area contributed by atoms with Crippen LogP contribution < -0.4 is 0 Å². The van der Waals surface area contributed by atoms with E-state index in [1.807, 2.05) is 115 Å². The molecule has 368 valence electrons. The number of carbonyl (C=O) groups excluding carboxylic acids is 2. The van der Waals surface area contributed by atoms with Gasteiger partial charge in [-0.15, -0.1) is 25.3 Å². The van der Waals surface area contributed by atoms with Crippen molar-refractivity contribution < 1.29 is 43.6 Å². The smallest absolute Gasteiger partial charge is 0.434 e. The van der Waals surface area contributed by atoms with E-state index in [9.17, 15) is 29.8 Å². The van der Waals surface area contributed by atoms with E-state index >= 15 is 0 Å². The van der Waals surface area contributed by atoms with Gasteiger partial charge in [-0.1, -0.05) is 171 Å². The molecule has 2 aromatic heterocycles. The zero-order valence-corrected chi connectivity index (χ0v) is 40.0. The molecule has 0 saturated carbocycles. The molecule has 2 unspecified atom stereocenters. The minimum atomic E-state index is -1.44. The molecule has 2 heterocycles. The van der Waals surface area contributed by atoms with E-state index in [-0.39, 0.29) is 30.4 Å². The second-order valence-electron chi connectivity index (χ2n) is 16.6. The van der Waals surface area contributed by atoms with Crippen molar-refractivity contribution in [2.45, 2.75) is 84.0 Å². The van der Waals surface area contributed by atoms with Crippen molar-refractivity contribution in [3.63, 3.8) is 0 Å². The summed E-state index contributed by atoms with van der Waals surface area (Å²) < 4.78 is 19.3. The Morgan fingerprint density at radius 3 is 1.87 bits per heavy atom. The first kappa shape index (κ1) is 50.7. The highest BCUT2D eigenvalue weighted by atomic mass is 35.5. The summed E-state index contributed by atoms with van der Waals surface area (Å²) in [5, 5.41) is 33.3. The number of rotatable bonds is 23. The summed E-state index contributed by atoms with van der Waals surface area (Å²) in [7, 11) is 0. The van der Waals surface area contributed by atoms with Gasteiger partial charge >= 0.3 is 12.1 Å². The topological polar surface area (TPSA) is 228 Å². The number of ether oxygens (including phenoxy) is 3. The Bertz CT molecular complexity index is 2810. The third-order valence-electron chi connectivity index (χ3n) is 11.9. The molecule has 0 aliphatic carbocycles. The van der Waals surface area contributed by atoms with E-state index in [4.69, 9.17) is 31.0 Å². The maximum Gasteiger partial charge on any atom is 0.511 e. The van der Waals surface area contributed by atoms with E-state index in [0.29, 0.717) is 18.1 Å². The number of benzene rings is 5. The number of imidazole rings is 1. The molecule has 19 nitrogen and oxygen atoms in total. The molecular formula is C51H51ClN8O11. The quantitative estimate of drug-likeness (QED) is 0.0191. The van der Waals surface area contributed by atoms with Crippen molar-refractivity contribution in [3.05, 3.63) is 199 Å². The SMILES string of the molecule is CCCCc1nc(Cl)c(C(=O)OC(C)OC(=O)OCCC(C)[C@@H](O[N+](=O)[O-])[C@@H](C)O[N+](=O)[O-])n1Cc1ccc(-c2ccccc2-c2nnnn2C(c2ccccc2)(c2ccccc2)c2ccccc2)cc1. The fraction of sp³-hybridized carbons (Fsp3) is 0.294. The van der Waals surface area contributed by atoms with E-state index in [1.54, 1.807) is 4.57 Å². The first-order valence-corrected chi connectivity index (χ1v) is 23.2. The summed E-state index contributed by atoms with van der Waals surface area (Å²) in [5.41, 5.74) is 5.28. The van der Waals surface area contributed by atoms with Crippen LogP contribution in [0.5, 0.6) is 0 Å². The van der Waals surface area contributed by atoms with Crippen molar-refractivity contribution in [1.29, 1.82) is 0 Å². The number of hydrogen-bond acceptors (Lipinski definition) is 15. The van der Waals surface area contributed by atoms with Gasteiger partial charge in [-0.05, 0) is 69.5 Å². The Labute approximate surface area is 413 Å². The van der Waals surface area contributed by atoms with Crippen LogP contribution in [0, 0.1) is 26.1 Å². The van der Waals surface area contributed by atoms with Crippen LogP contribution >= 0.6 is 11.6 Å². The fourth-order valence-corrected chi connectivity index (χ4v) is 8.86. The van der Waals surface area contributed by atoms with Gasteiger partial charge in [0.2, 0.25) is 6.29 Å². The summed E-state index contributed by atoms with van der Waals surface area (Å²) >= 11 is 6.64. The Kier molecular flexibility index (Phi) is 16.7. The molecular weight excluding hydrogens is 936 g/mol. The van der Waals surface area contributed by atoms with Gasteiger partial charge in [0.25, 0.3) is 10.2 Å². The van der Waals surface area contributed by atoms with Gasteiger partial charge < -0.3 is 28.5 Å². The molecule has 7 aromatic rings. The van der Waals surface area contributed by atoms with Crippen LogP contribution in [0.1, 0.15) is 85.5 Å². The predicted molar refractivity (Wildman–Crippen MR) is 259 cm³/mol. The summed E-state index contributed by atoms with van der Waals surface area (Å²) in [6, 6.07) is 46.3. The molecule has 0 radical (unpaired) electrons. The van der Waals surface area contributed by atoms with Crippen LogP contribution in [0.2, 0.25) is 5.15 Å².